The van der Waals surface area contributed by atoms with E-state index in [1.165, 1.54) is 12.1 Å². The number of nitrogens with one attached hydrogen (secondary N) is 2. The fraction of sp³-hybridized carbons (Fsp3) is 0.310. The highest BCUT2D eigenvalue weighted by atomic mass is 19.4. The number of carbonyl (C=O) groups is 2. The summed E-state index contributed by atoms with van der Waals surface area (Å²) in [6.07, 6.45) is -3.71. The lowest BCUT2D eigenvalue weighted by molar-refractivity contribution is -0.141. The number of urea groups is 1. The van der Waals surface area contributed by atoms with Crippen LogP contribution in [0.2, 0.25) is 0 Å². The summed E-state index contributed by atoms with van der Waals surface area (Å²) in [5.74, 6) is -0.417. The second-order valence-corrected chi connectivity index (χ2v) is 10.9. The number of hydrogen-bond acceptors (Lipinski definition) is 5. The van der Waals surface area contributed by atoms with E-state index in [4.69, 9.17) is 10.7 Å². The number of hydrogen-bond donors (Lipinski definition) is 4. The van der Waals surface area contributed by atoms with E-state index in [2.05, 4.69) is 29.6 Å². The van der Waals surface area contributed by atoms with Crippen LogP contribution < -0.4 is 16.4 Å². The maximum absolute atomic E-state index is 13.0. The molecule has 9 nitrogen and oxygen atoms in total. The van der Waals surface area contributed by atoms with Crippen molar-refractivity contribution in [2.45, 2.75) is 38.8 Å². The third-order valence-corrected chi connectivity index (χ3v) is 7.99. The molecular formula is C29H29F3N6O3. The molecular weight excluding hydrogens is 537 g/mol. The monoisotopic (exact) mass is 566 g/mol. The smallest absolute Gasteiger partial charge is 0.416 e. The van der Waals surface area contributed by atoms with Gasteiger partial charge in [-0.3, -0.25) is 4.79 Å². The molecule has 0 spiro atoms. The molecule has 2 aromatic heterocycles. The zero-order chi connectivity index (χ0) is 29.7. The highest BCUT2D eigenvalue weighted by Crippen LogP contribution is 2.58. The van der Waals surface area contributed by atoms with Crippen LogP contribution in [-0.4, -0.2) is 31.9 Å². The minimum Gasteiger partial charge on any atom is -0.481 e. The number of benzene rings is 2. The van der Waals surface area contributed by atoms with Crippen molar-refractivity contribution in [3.8, 4) is 11.1 Å². The van der Waals surface area contributed by atoms with Gasteiger partial charge in [-0.05, 0) is 65.3 Å². The Kier molecular flexibility index (Phi) is 6.88. The molecule has 1 fully saturated rings. The van der Waals surface area contributed by atoms with Crippen molar-refractivity contribution in [1.82, 2.24) is 14.8 Å². The summed E-state index contributed by atoms with van der Waals surface area (Å²) in [6, 6.07) is 12.6. The average Bonchev–Trinajstić information content (AvgIpc) is 3.18. The number of nitrogen functional groups attached to an aromatic ring is 1. The quantitative estimate of drug-likeness (QED) is 0.211. The lowest BCUT2D eigenvalue weighted by Gasteiger charge is -2.51. The summed E-state index contributed by atoms with van der Waals surface area (Å²) in [7, 11) is 1.76. The van der Waals surface area contributed by atoms with Crippen LogP contribution in [0.4, 0.5) is 35.2 Å². The molecule has 4 aromatic rings. The highest BCUT2D eigenvalue weighted by molar-refractivity contribution is 6.02. The van der Waals surface area contributed by atoms with Crippen molar-refractivity contribution >= 4 is 40.2 Å². The van der Waals surface area contributed by atoms with Crippen molar-refractivity contribution in [2.75, 3.05) is 16.4 Å². The topological polar surface area (TPSA) is 135 Å². The van der Waals surface area contributed by atoms with Crippen molar-refractivity contribution in [2.24, 2.45) is 18.4 Å². The number of nitrogens with zero attached hydrogens (tertiary/aromatic N) is 3. The number of aryl methyl sites for hydroxylation is 1. The molecule has 0 aliphatic heterocycles. The molecule has 2 atom stereocenters. The Morgan fingerprint density at radius 2 is 1.78 bits per heavy atom. The number of anilines is 3. The minimum absolute atomic E-state index is 0.0113. The summed E-state index contributed by atoms with van der Waals surface area (Å²) in [4.78, 5) is 28.6. The van der Waals surface area contributed by atoms with E-state index in [1.54, 1.807) is 36.0 Å². The number of amides is 2. The number of pyridine rings is 1. The zero-order valence-corrected chi connectivity index (χ0v) is 22.6. The first kappa shape index (κ1) is 27.9. The fourth-order valence-electron chi connectivity index (χ4n) is 5.58. The Labute approximate surface area is 233 Å². The summed E-state index contributed by atoms with van der Waals surface area (Å²) in [5, 5.41) is 19.4. The second kappa shape index (κ2) is 10.1. The predicted molar refractivity (Wildman–Crippen MR) is 149 cm³/mol. The number of carbonyl (C=O) groups excluding carboxylic acids is 1. The summed E-state index contributed by atoms with van der Waals surface area (Å²) >= 11 is 0. The number of aliphatic carboxylic acids is 1. The van der Waals surface area contributed by atoms with Crippen LogP contribution in [-0.2, 0) is 18.0 Å². The van der Waals surface area contributed by atoms with Gasteiger partial charge in [-0.25, -0.2) is 14.5 Å². The van der Waals surface area contributed by atoms with Crippen LogP contribution >= 0.6 is 0 Å². The van der Waals surface area contributed by atoms with Gasteiger partial charge in [-0.2, -0.15) is 18.3 Å². The number of carboxylic acid groups (broad SMARTS) is 1. The molecule has 2 aromatic carbocycles. The Hall–Kier alpha value is -4.61. The predicted octanol–water partition coefficient (Wildman–Crippen LogP) is 6.48. The van der Waals surface area contributed by atoms with E-state index < -0.39 is 23.7 Å². The molecule has 1 aliphatic rings. The molecule has 2 amide bonds. The normalized spacial score (nSPS) is 18.1. The Bertz CT molecular complexity index is 1650. The van der Waals surface area contributed by atoms with Crippen molar-refractivity contribution < 1.29 is 27.9 Å². The largest absolute Gasteiger partial charge is 0.481 e. The average molecular weight is 567 g/mol. The number of aromatic nitrogens is 3. The first-order valence-electron chi connectivity index (χ1n) is 12.9. The third-order valence-electron chi connectivity index (χ3n) is 7.99. The number of rotatable bonds is 6. The molecule has 0 saturated heterocycles. The summed E-state index contributed by atoms with van der Waals surface area (Å²) < 4.78 is 40.6. The van der Waals surface area contributed by atoms with Crippen LogP contribution in [0.25, 0.3) is 22.2 Å². The molecule has 1 aliphatic carbocycles. The van der Waals surface area contributed by atoms with Crippen LogP contribution in [0.5, 0.6) is 0 Å². The number of carboxylic acids is 1. The number of halogens is 3. The van der Waals surface area contributed by atoms with E-state index in [-0.39, 0.29) is 29.4 Å². The third kappa shape index (κ3) is 5.41. The summed E-state index contributed by atoms with van der Waals surface area (Å²) in [6.45, 7) is 4.12. The molecule has 0 unspecified atom stereocenters. The van der Waals surface area contributed by atoms with Gasteiger partial charge in [0.05, 0.1) is 10.9 Å². The molecule has 12 heteroatoms. The van der Waals surface area contributed by atoms with Gasteiger partial charge in [0.1, 0.15) is 0 Å². The second-order valence-electron chi connectivity index (χ2n) is 10.9. The standard InChI is InChI=1S/C29H29F3N6O3/c1-28(2)17(13-23(39)40)12-21(28)22-14-20(24-25(33)37-38(3)26(24)36-22)15-7-9-18(10-8-15)34-27(41)35-19-6-4-5-16(11-19)29(30,31)32/h4-11,14,17,21H,12-13H2,1-3H3,(H2,33,37)(H,39,40)(H2,34,35,41)/t17-,21+/m0/s1. The van der Waals surface area contributed by atoms with Gasteiger partial charge >= 0.3 is 18.2 Å². The molecule has 214 valence electrons. The molecule has 41 heavy (non-hydrogen) atoms. The lowest BCUT2D eigenvalue weighted by Crippen LogP contribution is -2.44. The first-order valence-corrected chi connectivity index (χ1v) is 12.9. The van der Waals surface area contributed by atoms with E-state index in [0.717, 1.165) is 29.0 Å². The number of fused-ring (bicyclic) bond motifs is 1. The van der Waals surface area contributed by atoms with Crippen molar-refractivity contribution in [1.29, 1.82) is 0 Å². The van der Waals surface area contributed by atoms with Gasteiger partial charge in [0.15, 0.2) is 11.5 Å². The molecule has 0 bridgehead atoms. The minimum atomic E-state index is -4.52. The molecule has 1 saturated carbocycles. The maximum Gasteiger partial charge on any atom is 0.416 e. The first-order chi connectivity index (χ1) is 19.2. The molecule has 2 heterocycles. The molecule has 5 rings (SSSR count). The Morgan fingerprint density at radius 3 is 2.41 bits per heavy atom. The molecule has 5 N–H and O–H groups in total. The zero-order valence-electron chi connectivity index (χ0n) is 22.6. The lowest BCUT2D eigenvalue weighted by atomic mass is 9.53. The van der Waals surface area contributed by atoms with Crippen LogP contribution in [0.1, 0.15) is 43.9 Å². The van der Waals surface area contributed by atoms with E-state index in [0.29, 0.717) is 29.0 Å². The van der Waals surface area contributed by atoms with Crippen LogP contribution in [0.15, 0.2) is 54.6 Å². The molecule has 0 radical (unpaired) electrons. The van der Waals surface area contributed by atoms with Gasteiger partial charge in [0.25, 0.3) is 0 Å². The Balaban J connectivity index is 1.39. The van der Waals surface area contributed by atoms with Gasteiger partial charge < -0.3 is 21.5 Å². The maximum atomic E-state index is 13.0. The van der Waals surface area contributed by atoms with E-state index in [9.17, 15) is 27.9 Å². The van der Waals surface area contributed by atoms with Gasteiger partial charge in [0, 0.05) is 36.5 Å². The van der Waals surface area contributed by atoms with E-state index in [1.807, 2.05) is 6.07 Å². The SMILES string of the molecule is Cn1nc(N)c2c(-c3ccc(NC(=O)Nc4cccc(C(F)(F)F)c4)cc3)cc([C@H]3C[C@@H](CC(=O)O)C3(C)C)nc21. The van der Waals surface area contributed by atoms with Gasteiger partial charge in [0.2, 0.25) is 0 Å². The van der Waals surface area contributed by atoms with Gasteiger partial charge in [-0.15, -0.1) is 0 Å². The van der Waals surface area contributed by atoms with E-state index >= 15 is 0 Å². The summed E-state index contributed by atoms with van der Waals surface area (Å²) in [5.41, 5.74) is 8.59. The Morgan fingerprint density at radius 1 is 1.10 bits per heavy atom. The van der Waals surface area contributed by atoms with Crippen LogP contribution in [0.3, 0.4) is 0 Å². The fourth-order valence-corrected chi connectivity index (χ4v) is 5.58. The number of alkyl halides is 3. The number of nitrogens with two attached hydrogens (primary N) is 1. The highest BCUT2D eigenvalue weighted by Gasteiger charge is 2.50. The van der Waals surface area contributed by atoms with Gasteiger partial charge in [-0.1, -0.05) is 32.0 Å². The van der Waals surface area contributed by atoms with Crippen LogP contribution in [0, 0.1) is 11.3 Å². The van der Waals surface area contributed by atoms with Crippen molar-refractivity contribution in [3.63, 3.8) is 0 Å². The van der Waals surface area contributed by atoms with Crippen molar-refractivity contribution in [3.05, 3.63) is 65.9 Å².